The fraction of sp³-hybridized carbons (Fsp3) is 0.100. The molecule has 0 aliphatic carbocycles. The molecule has 4 N–H and O–H groups in total. The SMILES string of the molecule is Cc1[nH][nH]c(=O)c1N=Nc1cccc(S(N)(=O)=O)c1. The Balaban J connectivity index is 2.37. The Labute approximate surface area is 108 Å². The molecule has 0 amide bonds. The van der Waals surface area contributed by atoms with Crippen LogP contribution in [-0.4, -0.2) is 18.6 Å². The highest BCUT2D eigenvalue weighted by Crippen LogP contribution is 2.20. The number of nitrogens with zero attached hydrogens (tertiary/aromatic N) is 2. The third kappa shape index (κ3) is 2.95. The Morgan fingerprint density at radius 2 is 1.95 bits per heavy atom. The molecule has 0 saturated heterocycles. The summed E-state index contributed by atoms with van der Waals surface area (Å²) in [6.07, 6.45) is 0. The Kier molecular flexibility index (Phi) is 3.32. The highest BCUT2D eigenvalue weighted by Gasteiger charge is 2.08. The maximum Gasteiger partial charge on any atom is 0.291 e. The molecule has 0 atom stereocenters. The molecule has 0 aliphatic heterocycles. The van der Waals surface area contributed by atoms with Gasteiger partial charge in [0, 0.05) is 0 Å². The van der Waals surface area contributed by atoms with E-state index in [1.165, 1.54) is 18.2 Å². The van der Waals surface area contributed by atoms with Crippen LogP contribution in [0.2, 0.25) is 0 Å². The molecule has 0 spiro atoms. The van der Waals surface area contributed by atoms with Crippen molar-refractivity contribution in [1.82, 2.24) is 10.2 Å². The Morgan fingerprint density at radius 1 is 1.21 bits per heavy atom. The van der Waals surface area contributed by atoms with E-state index >= 15 is 0 Å². The lowest BCUT2D eigenvalue weighted by Crippen LogP contribution is -2.11. The van der Waals surface area contributed by atoms with Gasteiger partial charge in [0.25, 0.3) is 5.56 Å². The van der Waals surface area contributed by atoms with Gasteiger partial charge < -0.3 is 5.10 Å². The van der Waals surface area contributed by atoms with Crippen LogP contribution in [0.1, 0.15) is 5.69 Å². The van der Waals surface area contributed by atoms with E-state index in [2.05, 4.69) is 20.4 Å². The van der Waals surface area contributed by atoms with Crippen LogP contribution in [0, 0.1) is 6.92 Å². The predicted octanol–water partition coefficient (Wildman–Crippen LogP) is 1.07. The van der Waals surface area contributed by atoms with E-state index in [1.807, 2.05) is 0 Å². The molecular formula is C10H11N5O3S. The van der Waals surface area contributed by atoms with Gasteiger partial charge in [0.15, 0.2) is 5.69 Å². The lowest BCUT2D eigenvalue weighted by molar-refractivity contribution is 0.598. The van der Waals surface area contributed by atoms with Crippen molar-refractivity contribution >= 4 is 21.4 Å². The second-order valence-electron chi connectivity index (χ2n) is 3.80. The summed E-state index contributed by atoms with van der Waals surface area (Å²) in [7, 11) is -3.79. The second kappa shape index (κ2) is 4.78. The molecule has 8 nitrogen and oxygen atoms in total. The van der Waals surface area contributed by atoms with E-state index < -0.39 is 15.6 Å². The summed E-state index contributed by atoms with van der Waals surface area (Å²) >= 11 is 0. The first-order valence-corrected chi connectivity index (χ1v) is 6.74. The monoisotopic (exact) mass is 281 g/mol. The second-order valence-corrected chi connectivity index (χ2v) is 5.36. The summed E-state index contributed by atoms with van der Waals surface area (Å²) in [4.78, 5) is 11.3. The van der Waals surface area contributed by atoms with E-state index in [0.29, 0.717) is 5.69 Å². The van der Waals surface area contributed by atoms with Crippen molar-refractivity contribution in [2.75, 3.05) is 0 Å². The van der Waals surface area contributed by atoms with Crippen molar-refractivity contribution in [3.05, 3.63) is 40.3 Å². The third-order valence-corrected chi connectivity index (χ3v) is 3.26. The van der Waals surface area contributed by atoms with Crippen molar-refractivity contribution in [3.63, 3.8) is 0 Å². The summed E-state index contributed by atoms with van der Waals surface area (Å²) in [5.74, 6) is 0. The van der Waals surface area contributed by atoms with Gasteiger partial charge in [-0.3, -0.25) is 9.89 Å². The predicted molar refractivity (Wildman–Crippen MR) is 68.1 cm³/mol. The first-order chi connectivity index (χ1) is 8.88. The topological polar surface area (TPSA) is 134 Å². The van der Waals surface area contributed by atoms with Crippen LogP contribution >= 0.6 is 0 Å². The fourth-order valence-electron chi connectivity index (χ4n) is 1.39. The van der Waals surface area contributed by atoms with Gasteiger partial charge in [-0.2, -0.15) is 5.11 Å². The van der Waals surface area contributed by atoms with Crippen LogP contribution in [0.5, 0.6) is 0 Å². The van der Waals surface area contributed by atoms with E-state index in [4.69, 9.17) is 5.14 Å². The Hall–Kier alpha value is -2.26. The van der Waals surface area contributed by atoms with Crippen LogP contribution < -0.4 is 10.7 Å². The van der Waals surface area contributed by atoms with Crippen molar-refractivity contribution in [2.45, 2.75) is 11.8 Å². The van der Waals surface area contributed by atoms with E-state index in [9.17, 15) is 13.2 Å². The molecule has 0 saturated carbocycles. The number of sulfonamides is 1. The lowest BCUT2D eigenvalue weighted by Gasteiger charge is -1.98. The smallest absolute Gasteiger partial charge is 0.291 e. The number of benzene rings is 1. The molecule has 0 unspecified atom stereocenters. The van der Waals surface area contributed by atoms with Crippen molar-refractivity contribution in [2.24, 2.45) is 15.4 Å². The minimum absolute atomic E-state index is 0.0661. The van der Waals surface area contributed by atoms with Gasteiger partial charge in [-0.25, -0.2) is 13.6 Å². The van der Waals surface area contributed by atoms with Gasteiger partial charge in [0.05, 0.1) is 16.3 Å². The molecule has 0 fully saturated rings. The quantitative estimate of drug-likeness (QED) is 0.726. The molecular weight excluding hydrogens is 270 g/mol. The number of aromatic amines is 2. The van der Waals surface area contributed by atoms with Gasteiger partial charge in [-0.1, -0.05) is 6.07 Å². The fourth-order valence-corrected chi connectivity index (χ4v) is 1.94. The van der Waals surface area contributed by atoms with Gasteiger partial charge in [0.1, 0.15) is 0 Å². The highest BCUT2D eigenvalue weighted by atomic mass is 32.2. The first-order valence-electron chi connectivity index (χ1n) is 5.20. The number of nitrogens with two attached hydrogens (primary N) is 1. The Morgan fingerprint density at radius 3 is 2.53 bits per heavy atom. The summed E-state index contributed by atoms with van der Waals surface area (Å²) in [5, 5.41) is 17.5. The maximum absolute atomic E-state index is 11.3. The molecule has 1 aromatic heterocycles. The van der Waals surface area contributed by atoms with E-state index in [0.717, 1.165) is 0 Å². The average Bonchev–Trinajstić information content (AvgIpc) is 2.66. The number of hydrogen-bond donors (Lipinski definition) is 3. The van der Waals surface area contributed by atoms with Gasteiger partial charge in [-0.15, -0.1) is 5.11 Å². The zero-order valence-corrected chi connectivity index (χ0v) is 10.7. The molecule has 100 valence electrons. The van der Waals surface area contributed by atoms with Crippen LogP contribution in [0.3, 0.4) is 0 Å². The largest absolute Gasteiger partial charge is 0.300 e. The average molecular weight is 281 g/mol. The number of rotatable bonds is 3. The van der Waals surface area contributed by atoms with Gasteiger partial charge in [-0.05, 0) is 25.1 Å². The van der Waals surface area contributed by atoms with E-state index in [1.54, 1.807) is 13.0 Å². The standard InChI is InChI=1S/C10H11N5O3S/c1-6-9(10(16)15-12-6)14-13-7-3-2-4-8(5-7)19(11,17)18/h2-5H,1H3,(H2,11,17,18)(H2,12,15,16). The zero-order valence-electron chi connectivity index (χ0n) is 9.91. The molecule has 19 heavy (non-hydrogen) atoms. The van der Waals surface area contributed by atoms with E-state index in [-0.39, 0.29) is 16.3 Å². The van der Waals surface area contributed by atoms with Crippen LogP contribution in [-0.2, 0) is 10.0 Å². The molecule has 0 radical (unpaired) electrons. The molecule has 2 aromatic rings. The number of H-pyrrole nitrogens is 2. The van der Waals surface area contributed by atoms with Crippen molar-refractivity contribution in [1.29, 1.82) is 0 Å². The number of azo groups is 1. The van der Waals surface area contributed by atoms with Gasteiger partial charge in [0.2, 0.25) is 10.0 Å². The number of primary sulfonamides is 1. The van der Waals surface area contributed by atoms with Crippen LogP contribution in [0.4, 0.5) is 11.4 Å². The summed E-state index contributed by atoms with van der Waals surface area (Å²) in [6, 6.07) is 5.66. The minimum Gasteiger partial charge on any atom is -0.300 e. The van der Waals surface area contributed by atoms with Crippen LogP contribution in [0.25, 0.3) is 0 Å². The normalized spacial score (nSPS) is 12.1. The van der Waals surface area contributed by atoms with Crippen LogP contribution in [0.15, 0.2) is 44.2 Å². The number of nitrogens with one attached hydrogen (secondary N) is 2. The maximum atomic E-state index is 11.3. The minimum atomic E-state index is -3.79. The van der Waals surface area contributed by atoms with Crippen molar-refractivity contribution in [3.8, 4) is 0 Å². The molecule has 1 heterocycles. The number of hydrogen-bond acceptors (Lipinski definition) is 5. The molecule has 0 aliphatic rings. The Bertz CT molecular complexity index is 787. The highest BCUT2D eigenvalue weighted by molar-refractivity contribution is 7.89. The molecule has 1 aromatic carbocycles. The summed E-state index contributed by atoms with van der Waals surface area (Å²) in [6.45, 7) is 1.66. The third-order valence-electron chi connectivity index (χ3n) is 2.35. The number of aromatic nitrogens is 2. The molecule has 2 rings (SSSR count). The van der Waals surface area contributed by atoms with Gasteiger partial charge >= 0.3 is 0 Å². The summed E-state index contributed by atoms with van der Waals surface area (Å²) in [5.41, 5.74) is 0.563. The summed E-state index contributed by atoms with van der Waals surface area (Å²) < 4.78 is 22.3. The zero-order chi connectivity index (χ0) is 14.0. The molecule has 9 heteroatoms. The first kappa shape index (κ1) is 13.2. The van der Waals surface area contributed by atoms with Crippen molar-refractivity contribution < 1.29 is 8.42 Å². The number of aryl methyl sites for hydroxylation is 1. The lowest BCUT2D eigenvalue weighted by atomic mass is 10.3. The molecule has 0 bridgehead atoms.